The minimum Gasteiger partial charge on any atom is -0.393 e. The molecule has 0 rings (SSSR count). The van der Waals surface area contributed by atoms with Crippen LogP contribution < -0.4 is 10.6 Å². The summed E-state index contributed by atoms with van der Waals surface area (Å²) in [6, 6.07) is 0.406. The van der Waals surface area contributed by atoms with Crippen LogP contribution >= 0.6 is 0 Å². The molecular formula is C14H27N3. The van der Waals surface area contributed by atoms with E-state index in [1.807, 2.05) is 27.3 Å². The zero-order valence-electron chi connectivity index (χ0n) is 12.0. The van der Waals surface area contributed by atoms with E-state index in [0.717, 1.165) is 17.7 Å². The molecule has 2 N–H and O–H groups in total. The molecule has 0 heterocycles. The number of hydrogen-bond acceptors (Lipinski definition) is 3. The van der Waals surface area contributed by atoms with Gasteiger partial charge in [-0.1, -0.05) is 26.0 Å². The van der Waals surface area contributed by atoms with E-state index in [1.54, 1.807) is 0 Å². The Morgan fingerprint density at radius 2 is 1.94 bits per heavy atom. The Bertz CT molecular complexity index is 290. The average Bonchev–Trinajstić information content (AvgIpc) is 2.35. The van der Waals surface area contributed by atoms with E-state index in [1.165, 1.54) is 0 Å². The predicted molar refractivity (Wildman–Crippen MR) is 77.6 cm³/mol. The standard InChI is InChI=1S/C14H27N3/c1-7-8-9-13(10-15-4)14(17-6)11(2)12(3)16-5/h8-12,15-16H,7H2,1-6H3/b9-8+,13-10+,17-14+. The van der Waals surface area contributed by atoms with Gasteiger partial charge in [-0.2, -0.15) is 0 Å². The second-order valence-corrected chi connectivity index (χ2v) is 4.17. The summed E-state index contributed by atoms with van der Waals surface area (Å²) in [5.74, 6) is 0.381. The summed E-state index contributed by atoms with van der Waals surface area (Å²) >= 11 is 0. The van der Waals surface area contributed by atoms with E-state index in [0.29, 0.717) is 12.0 Å². The smallest absolute Gasteiger partial charge is 0.0475 e. The van der Waals surface area contributed by atoms with E-state index in [2.05, 4.69) is 48.5 Å². The maximum Gasteiger partial charge on any atom is 0.0475 e. The zero-order chi connectivity index (χ0) is 13.3. The molecule has 0 bridgehead atoms. The number of hydrogen-bond donors (Lipinski definition) is 2. The van der Waals surface area contributed by atoms with Gasteiger partial charge in [0.15, 0.2) is 0 Å². The summed E-state index contributed by atoms with van der Waals surface area (Å²) in [5.41, 5.74) is 2.29. The third-order valence-electron chi connectivity index (χ3n) is 3.01. The Labute approximate surface area is 106 Å². The summed E-state index contributed by atoms with van der Waals surface area (Å²) in [6.07, 6.45) is 7.34. The molecule has 3 heteroatoms. The van der Waals surface area contributed by atoms with Crippen molar-refractivity contribution >= 4 is 5.71 Å². The second-order valence-electron chi connectivity index (χ2n) is 4.17. The minimum atomic E-state index is 0.381. The van der Waals surface area contributed by atoms with Crippen LogP contribution in [-0.4, -0.2) is 32.9 Å². The van der Waals surface area contributed by atoms with Crippen molar-refractivity contribution in [2.75, 3.05) is 21.1 Å². The van der Waals surface area contributed by atoms with E-state index >= 15 is 0 Å². The van der Waals surface area contributed by atoms with Crippen LogP contribution in [0.15, 0.2) is 28.9 Å². The molecule has 2 atom stereocenters. The van der Waals surface area contributed by atoms with Gasteiger partial charge in [0.25, 0.3) is 0 Å². The van der Waals surface area contributed by atoms with Gasteiger partial charge in [0.1, 0.15) is 0 Å². The van der Waals surface area contributed by atoms with Gasteiger partial charge in [0.2, 0.25) is 0 Å². The second kappa shape index (κ2) is 8.99. The number of nitrogens with one attached hydrogen (secondary N) is 2. The van der Waals surface area contributed by atoms with Crippen molar-refractivity contribution in [3.63, 3.8) is 0 Å². The predicted octanol–water partition coefficient (Wildman–Crippen LogP) is 2.37. The summed E-state index contributed by atoms with van der Waals surface area (Å²) in [4.78, 5) is 4.45. The number of aliphatic imine (C=N–C) groups is 1. The third kappa shape index (κ3) is 5.18. The molecule has 2 unspecified atom stereocenters. The van der Waals surface area contributed by atoms with E-state index in [-0.39, 0.29) is 0 Å². The highest BCUT2D eigenvalue weighted by Crippen LogP contribution is 2.14. The topological polar surface area (TPSA) is 36.4 Å². The molecule has 0 aromatic carbocycles. The van der Waals surface area contributed by atoms with Gasteiger partial charge in [-0.3, -0.25) is 4.99 Å². The molecule has 0 aliphatic carbocycles. The van der Waals surface area contributed by atoms with Crippen LogP contribution in [0.25, 0.3) is 0 Å². The summed E-state index contributed by atoms with van der Waals surface area (Å²) in [5, 5.41) is 6.37. The fourth-order valence-corrected chi connectivity index (χ4v) is 1.69. The summed E-state index contributed by atoms with van der Waals surface area (Å²) in [6.45, 7) is 6.51. The van der Waals surface area contributed by atoms with Crippen molar-refractivity contribution in [2.24, 2.45) is 10.9 Å². The molecule has 0 radical (unpaired) electrons. The van der Waals surface area contributed by atoms with Gasteiger partial charge < -0.3 is 10.6 Å². The highest BCUT2D eigenvalue weighted by atomic mass is 14.9. The minimum absolute atomic E-state index is 0.381. The fraction of sp³-hybridized carbons (Fsp3) is 0.643. The molecule has 0 amide bonds. The quantitative estimate of drug-likeness (QED) is 0.527. The van der Waals surface area contributed by atoms with Crippen LogP contribution in [0, 0.1) is 5.92 Å². The van der Waals surface area contributed by atoms with Crippen molar-refractivity contribution < 1.29 is 0 Å². The lowest BCUT2D eigenvalue weighted by Crippen LogP contribution is -2.34. The van der Waals surface area contributed by atoms with Gasteiger partial charge in [0, 0.05) is 43.5 Å². The van der Waals surface area contributed by atoms with Crippen molar-refractivity contribution in [1.82, 2.24) is 10.6 Å². The molecule has 0 aliphatic rings. The first-order valence-electron chi connectivity index (χ1n) is 6.30. The highest BCUT2D eigenvalue weighted by Gasteiger charge is 2.18. The van der Waals surface area contributed by atoms with Crippen molar-refractivity contribution in [3.05, 3.63) is 23.9 Å². The third-order valence-corrected chi connectivity index (χ3v) is 3.01. The molecule has 0 aliphatic heterocycles. The van der Waals surface area contributed by atoms with Gasteiger partial charge in [0.05, 0.1) is 0 Å². The van der Waals surface area contributed by atoms with Crippen LogP contribution in [0.1, 0.15) is 27.2 Å². The van der Waals surface area contributed by atoms with E-state index < -0.39 is 0 Å². The molecule has 3 nitrogen and oxygen atoms in total. The molecule has 98 valence electrons. The van der Waals surface area contributed by atoms with Crippen LogP contribution in [0.5, 0.6) is 0 Å². The Balaban J connectivity index is 5.06. The largest absolute Gasteiger partial charge is 0.393 e. The Hall–Kier alpha value is -1.09. The molecular weight excluding hydrogens is 210 g/mol. The normalized spacial score (nSPS) is 17.3. The molecule has 0 spiro atoms. The van der Waals surface area contributed by atoms with Crippen LogP contribution in [0.3, 0.4) is 0 Å². The van der Waals surface area contributed by atoms with Crippen molar-refractivity contribution in [1.29, 1.82) is 0 Å². The van der Waals surface area contributed by atoms with E-state index in [9.17, 15) is 0 Å². The highest BCUT2D eigenvalue weighted by molar-refractivity contribution is 6.04. The van der Waals surface area contributed by atoms with Crippen LogP contribution in [0.2, 0.25) is 0 Å². The van der Waals surface area contributed by atoms with Gasteiger partial charge >= 0.3 is 0 Å². The van der Waals surface area contributed by atoms with Crippen molar-refractivity contribution in [3.8, 4) is 0 Å². The first-order valence-corrected chi connectivity index (χ1v) is 6.30. The van der Waals surface area contributed by atoms with Crippen LogP contribution in [-0.2, 0) is 0 Å². The number of rotatable bonds is 7. The SMILES string of the molecule is CC/C=C/C(=C\NC)C(=N/C)/C(C)C(C)NC. The van der Waals surface area contributed by atoms with Gasteiger partial charge in [-0.05, 0) is 20.4 Å². The lowest BCUT2D eigenvalue weighted by atomic mass is 9.92. The van der Waals surface area contributed by atoms with E-state index in [4.69, 9.17) is 0 Å². The summed E-state index contributed by atoms with van der Waals surface area (Å²) in [7, 11) is 5.76. The van der Waals surface area contributed by atoms with Gasteiger partial charge in [-0.15, -0.1) is 0 Å². The van der Waals surface area contributed by atoms with Crippen molar-refractivity contribution in [2.45, 2.75) is 33.2 Å². The summed E-state index contributed by atoms with van der Waals surface area (Å²) < 4.78 is 0. The number of nitrogens with zero attached hydrogens (tertiary/aromatic N) is 1. The molecule has 0 aromatic heterocycles. The average molecular weight is 237 g/mol. The fourth-order valence-electron chi connectivity index (χ4n) is 1.69. The van der Waals surface area contributed by atoms with Crippen LogP contribution in [0.4, 0.5) is 0 Å². The maximum absolute atomic E-state index is 4.45. The molecule has 0 aromatic rings. The lowest BCUT2D eigenvalue weighted by Gasteiger charge is -2.22. The first kappa shape index (κ1) is 15.9. The van der Waals surface area contributed by atoms with Gasteiger partial charge in [-0.25, -0.2) is 0 Å². The molecule has 0 saturated carbocycles. The Morgan fingerprint density at radius 3 is 2.35 bits per heavy atom. The lowest BCUT2D eigenvalue weighted by molar-refractivity contribution is 0.521. The Kier molecular flexibility index (Phi) is 8.42. The molecule has 17 heavy (non-hydrogen) atoms. The molecule has 0 fully saturated rings. The maximum atomic E-state index is 4.45. The monoisotopic (exact) mass is 237 g/mol. The number of allylic oxidation sites excluding steroid dienone is 3. The first-order chi connectivity index (χ1) is 8.12. The zero-order valence-corrected chi connectivity index (χ0v) is 12.0. The molecule has 0 saturated heterocycles. The Morgan fingerprint density at radius 1 is 1.29 bits per heavy atom.